The molecule has 2 N–H and O–H groups in total. The predicted molar refractivity (Wildman–Crippen MR) is 72.6 cm³/mol. The lowest BCUT2D eigenvalue weighted by atomic mass is 10.1. The molecule has 2 heterocycles. The van der Waals surface area contributed by atoms with Gasteiger partial charge >= 0.3 is 0 Å². The number of aromatic nitrogens is 1. The van der Waals surface area contributed by atoms with Crippen LogP contribution in [-0.4, -0.2) is 48.3 Å². The molecule has 1 aromatic rings. The van der Waals surface area contributed by atoms with Gasteiger partial charge in [0.2, 0.25) is 0 Å². The van der Waals surface area contributed by atoms with Gasteiger partial charge in [0.25, 0.3) is 5.91 Å². The zero-order chi connectivity index (χ0) is 13.1. The van der Waals surface area contributed by atoms with Crippen LogP contribution in [0.2, 0.25) is 0 Å². The van der Waals surface area contributed by atoms with Gasteiger partial charge in [-0.25, -0.2) is 0 Å². The first-order valence-corrected chi connectivity index (χ1v) is 6.23. The van der Waals surface area contributed by atoms with E-state index >= 15 is 0 Å². The minimum atomic E-state index is -0.0760. The van der Waals surface area contributed by atoms with Gasteiger partial charge in [-0.1, -0.05) is 12.1 Å². The maximum absolute atomic E-state index is 12.5. The van der Waals surface area contributed by atoms with Gasteiger partial charge in [-0.3, -0.25) is 4.79 Å². The Bertz CT molecular complexity index is 436. The molecule has 1 aromatic heterocycles. The summed E-state index contributed by atoms with van der Waals surface area (Å²) in [4.78, 5) is 14.2. The Kier molecular flexibility index (Phi) is 5.78. The topological polar surface area (TPSA) is 81.6 Å². The second-order valence-electron chi connectivity index (χ2n) is 4.40. The van der Waals surface area contributed by atoms with Gasteiger partial charge in [-0.15, -0.1) is 12.4 Å². The highest BCUT2D eigenvalue weighted by molar-refractivity contribution is 5.96. The van der Waals surface area contributed by atoms with Crippen molar-refractivity contribution in [2.45, 2.75) is 26.4 Å². The average molecular weight is 290 g/mol. The highest BCUT2D eigenvalue weighted by Crippen LogP contribution is 2.18. The fourth-order valence-electron chi connectivity index (χ4n) is 2.14. The van der Waals surface area contributed by atoms with Crippen LogP contribution in [0.1, 0.15) is 28.7 Å². The van der Waals surface area contributed by atoms with Gasteiger partial charge in [0.1, 0.15) is 11.3 Å². The molecule has 0 spiro atoms. The van der Waals surface area contributed by atoms with Crippen molar-refractivity contribution in [1.29, 1.82) is 0 Å². The van der Waals surface area contributed by atoms with Crippen LogP contribution in [0.15, 0.2) is 4.52 Å². The quantitative estimate of drug-likeness (QED) is 0.889. The normalized spacial score (nSPS) is 19.1. The summed E-state index contributed by atoms with van der Waals surface area (Å²) in [6, 6.07) is 0. The van der Waals surface area contributed by atoms with Crippen LogP contribution in [0.4, 0.5) is 0 Å². The summed E-state index contributed by atoms with van der Waals surface area (Å²) in [5.74, 6) is 0.612. The molecule has 1 amide bonds. The molecule has 0 bridgehead atoms. The van der Waals surface area contributed by atoms with Crippen LogP contribution in [-0.2, 0) is 11.2 Å². The van der Waals surface area contributed by atoms with Crippen LogP contribution in [0.3, 0.4) is 0 Å². The average Bonchev–Trinajstić information content (AvgIpc) is 2.79. The van der Waals surface area contributed by atoms with Gasteiger partial charge < -0.3 is 19.9 Å². The minimum Gasteiger partial charge on any atom is -0.373 e. The van der Waals surface area contributed by atoms with Crippen LogP contribution < -0.4 is 5.73 Å². The molecule has 1 saturated heterocycles. The molecule has 7 heteroatoms. The molecule has 1 unspecified atom stereocenters. The number of carbonyl (C=O) groups excluding carboxylic acids is 1. The third kappa shape index (κ3) is 3.26. The smallest absolute Gasteiger partial charge is 0.259 e. The molecule has 1 aliphatic rings. The van der Waals surface area contributed by atoms with Crippen molar-refractivity contribution in [2.75, 3.05) is 26.2 Å². The largest absolute Gasteiger partial charge is 0.373 e. The van der Waals surface area contributed by atoms with Crippen molar-refractivity contribution in [2.24, 2.45) is 5.73 Å². The highest BCUT2D eigenvalue weighted by Gasteiger charge is 2.28. The molecular weight excluding hydrogens is 270 g/mol. The van der Waals surface area contributed by atoms with Gasteiger partial charge in [0, 0.05) is 26.1 Å². The number of halogens is 1. The van der Waals surface area contributed by atoms with Gasteiger partial charge in [-0.2, -0.15) is 0 Å². The van der Waals surface area contributed by atoms with Gasteiger partial charge in [0.05, 0.1) is 18.4 Å². The molecule has 6 nitrogen and oxygen atoms in total. The fourth-order valence-corrected chi connectivity index (χ4v) is 2.14. The van der Waals surface area contributed by atoms with Crippen LogP contribution in [0.25, 0.3) is 0 Å². The number of carbonyl (C=O) groups is 1. The number of hydrogen-bond acceptors (Lipinski definition) is 5. The summed E-state index contributed by atoms with van der Waals surface area (Å²) in [5, 5.41) is 3.86. The molecule has 1 atom stereocenters. The van der Waals surface area contributed by atoms with E-state index in [9.17, 15) is 4.79 Å². The van der Waals surface area contributed by atoms with Gasteiger partial charge in [-0.05, 0) is 6.92 Å². The number of aryl methyl sites for hydroxylation is 2. The lowest BCUT2D eigenvalue weighted by Crippen LogP contribution is -2.48. The Hall–Kier alpha value is -1.11. The van der Waals surface area contributed by atoms with Crippen LogP contribution in [0, 0.1) is 6.92 Å². The first kappa shape index (κ1) is 15.9. The Balaban J connectivity index is 0.00000180. The summed E-state index contributed by atoms with van der Waals surface area (Å²) < 4.78 is 10.6. The third-order valence-corrected chi connectivity index (χ3v) is 3.16. The maximum Gasteiger partial charge on any atom is 0.259 e. The lowest BCUT2D eigenvalue weighted by Gasteiger charge is -2.32. The molecular formula is C12H20ClN3O3. The Morgan fingerprint density at radius 2 is 2.32 bits per heavy atom. The number of amides is 1. The van der Waals surface area contributed by atoms with Crippen LogP contribution in [0.5, 0.6) is 0 Å². The number of nitrogens with zero attached hydrogens (tertiary/aromatic N) is 2. The number of morpholine rings is 1. The van der Waals surface area contributed by atoms with Crippen molar-refractivity contribution >= 4 is 18.3 Å². The second kappa shape index (κ2) is 6.88. The van der Waals surface area contributed by atoms with E-state index in [1.807, 2.05) is 6.92 Å². The minimum absolute atomic E-state index is 0. The van der Waals surface area contributed by atoms with E-state index in [1.165, 1.54) is 0 Å². The predicted octanol–water partition coefficient (Wildman–Crippen LogP) is 0.767. The fraction of sp³-hybridized carbons (Fsp3) is 0.667. The SMILES string of the molecule is CCc1onc(C)c1C(=O)N1CCOC(CN)C1.Cl. The molecule has 0 radical (unpaired) electrons. The van der Waals surface area contributed by atoms with Crippen LogP contribution >= 0.6 is 12.4 Å². The monoisotopic (exact) mass is 289 g/mol. The van der Waals surface area contributed by atoms with Crippen molar-refractivity contribution in [3.8, 4) is 0 Å². The standard InChI is InChI=1S/C12H19N3O3.ClH/c1-3-10-11(8(2)14-18-10)12(16)15-4-5-17-9(6-13)7-15;/h9H,3-7,13H2,1-2H3;1H. The van der Waals surface area contributed by atoms with E-state index in [0.29, 0.717) is 49.7 Å². The zero-order valence-electron chi connectivity index (χ0n) is 11.2. The van der Waals surface area contributed by atoms with Crippen molar-refractivity contribution in [3.63, 3.8) is 0 Å². The molecule has 1 aliphatic heterocycles. The molecule has 108 valence electrons. The molecule has 1 fully saturated rings. The molecule has 0 aromatic carbocycles. The summed E-state index contributed by atoms with van der Waals surface area (Å²) in [6.45, 7) is 5.80. The summed E-state index contributed by atoms with van der Waals surface area (Å²) in [5.41, 5.74) is 6.82. The van der Waals surface area contributed by atoms with E-state index in [1.54, 1.807) is 11.8 Å². The zero-order valence-corrected chi connectivity index (χ0v) is 12.0. The molecule has 2 rings (SSSR count). The molecule has 19 heavy (non-hydrogen) atoms. The van der Waals surface area contributed by atoms with E-state index in [0.717, 1.165) is 0 Å². The Morgan fingerprint density at radius 1 is 1.58 bits per heavy atom. The second-order valence-corrected chi connectivity index (χ2v) is 4.40. The maximum atomic E-state index is 12.5. The number of ether oxygens (including phenoxy) is 1. The van der Waals surface area contributed by atoms with E-state index in [-0.39, 0.29) is 24.4 Å². The molecule has 0 saturated carbocycles. The van der Waals surface area contributed by atoms with Crippen molar-refractivity contribution < 1.29 is 14.1 Å². The first-order valence-electron chi connectivity index (χ1n) is 6.23. The van der Waals surface area contributed by atoms with Crippen molar-refractivity contribution in [1.82, 2.24) is 10.1 Å². The van der Waals surface area contributed by atoms with E-state index < -0.39 is 0 Å². The number of hydrogen-bond donors (Lipinski definition) is 1. The van der Waals surface area contributed by atoms with Crippen molar-refractivity contribution in [3.05, 3.63) is 17.0 Å². The lowest BCUT2D eigenvalue weighted by molar-refractivity contribution is -0.0168. The highest BCUT2D eigenvalue weighted by atomic mass is 35.5. The summed E-state index contributed by atoms with van der Waals surface area (Å²) in [6.07, 6.45) is 0.583. The van der Waals surface area contributed by atoms with E-state index in [2.05, 4.69) is 5.16 Å². The first-order chi connectivity index (χ1) is 8.67. The summed E-state index contributed by atoms with van der Waals surface area (Å²) >= 11 is 0. The van der Waals surface area contributed by atoms with Gasteiger partial charge in [0.15, 0.2) is 0 Å². The number of rotatable bonds is 3. The number of nitrogens with two attached hydrogens (primary N) is 1. The Morgan fingerprint density at radius 3 is 2.95 bits per heavy atom. The Labute approximate surface area is 118 Å². The summed E-state index contributed by atoms with van der Waals surface area (Å²) in [7, 11) is 0. The third-order valence-electron chi connectivity index (χ3n) is 3.16. The van der Waals surface area contributed by atoms with E-state index in [4.69, 9.17) is 15.0 Å². The molecule has 0 aliphatic carbocycles.